The van der Waals surface area contributed by atoms with Crippen LogP contribution in [0.1, 0.15) is 323 Å². The largest absolute Gasteiger partial charge is 0.462 e. The lowest BCUT2D eigenvalue weighted by Gasteiger charge is -2.18. The van der Waals surface area contributed by atoms with E-state index in [4.69, 9.17) is 14.2 Å². The van der Waals surface area contributed by atoms with E-state index in [2.05, 4.69) is 81.5 Å². The molecule has 418 valence electrons. The zero-order valence-electron chi connectivity index (χ0n) is 47.9. The van der Waals surface area contributed by atoms with Crippen molar-refractivity contribution in [2.45, 2.75) is 329 Å². The average Bonchev–Trinajstić information content (AvgIpc) is 3.38. The van der Waals surface area contributed by atoms with Crippen LogP contribution in [0, 0.1) is 0 Å². The second-order valence-corrected chi connectivity index (χ2v) is 20.9. The van der Waals surface area contributed by atoms with E-state index in [0.29, 0.717) is 19.3 Å². The molecule has 0 aromatic heterocycles. The smallest absolute Gasteiger partial charge is 0.306 e. The molecule has 6 heteroatoms. The van der Waals surface area contributed by atoms with E-state index in [0.717, 1.165) is 83.5 Å². The zero-order chi connectivity index (χ0) is 52.2. The van der Waals surface area contributed by atoms with Crippen molar-refractivity contribution in [1.29, 1.82) is 0 Å². The van der Waals surface area contributed by atoms with Gasteiger partial charge in [0.1, 0.15) is 13.2 Å². The summed E-state index contributed by atoms with van der Waals surface area (Å²) in [4.78, 5) is 38.3. The second kappa shape index (κ2) is 60.7. The molecular weight excluding hydrogens is 889 g/mol. The number of carbonyl (C=O) groups excluding carboxylic acids is 3. The fraction of sp³-hybridized carbons (Fsp3) is 0.803. The summed E-state index contributed by atoms with van der Waals surface area (Å²) in [7, 11) is 0. The van der Waals surface area contributed by atoms with Crippen LogP contribution in [0.4, 0.5) is 0 Å². The SMILES string of the molecule is CC/C=C\C/C=C\C/C=C\C/C=C\CCCCC(=O)OCC(COC(=O)CCCCCCCCCCCCCCCCCCCCCC)OC(=O)CCCCCCCCCCC/C=C\CCCCCCCC. The first-order valence-corrected chi connectivity index (χ1v) is 31.3. The van der Waals surface area contributed by atoms with Crippen molar-refractivity contribution in [2.24, 2.45) is 0 Å². The van der Waals surface area contributed by atoms with Crippen molar-refractivity contribution in [3.8, 4) is 0 Å². The van der Waals surface area contributed by atoms with Crippen LogP contribution in [-0.2, 0) is 28.6 Å². The second-order valence-electron chi connectivity index (χ2n) is 20.9. The summed E-state index contributed by atoms with van der Waals surface area (Å²) in [5.74, 6) is -0.913. The summed E-state index contributed by atoms with van der Waals surface area (Å²) >= 11 is 0. The van der Waals surface area contributed by atoms with Crippen molar-refractivity contribution in [3.63, 3.8) is 0 Å². The summed E-state index contributed by atoms with van der Waals surface area (Å²) in [6.07, 6.45) is 76.6. The van der Waals surface area contributed by atoms with Crippen molar-refractivity contribution in [1.82, 2.24) is 0 Å². The van der Waals surface area contributed by atoms with Crippen LogP contribution in [0.3, 0.4) is 0 Å². The van der Waals surface area contributed by atoms with Crippen molar-refractivity contribution in [3.05, 3.63) is 60.8 Å². The Kier molecular flexibility index (Phi) is 58.2. The van der Waals surface area contributed by atoms with Crippen LogP contribution in [0.2, 0.25) is 0 Å². The Morgan fingerprint density at radius 1 is 0.292 bits per heavy atom. The number of unbranched alkanes of at least 4 members (excludes halogenated alkanes) is 36. The molecule has 0 fully saturated rings. The summed E-state index contributed by atoms with van der Waals surface area (Å²) < 4.78 is 16.9. The first-order valence-electron chi connectivity index (χ1n) is 31.3. The lowest BCUT2D eigenvalue weighted by Crippen LogP contribution is -2.30. The van der Waals surface area contributed by atoms with Crippen LogP contribution >= 0.6 is 0 Å². The number of carbonyl (C=O) groups is 3. The topological polar surface area (TPSA) is 78.9 Å². The van der Waals surface area contributed by atoms with Gasteiger partial charge in [-0.1, -0.05) is 281 Å². The Morgan fingerprint density at radius 3 is 0.889 bits per heavy atom. The quantitative estimate of drug-likeness (QED) is 0.0261. The normalized spacial score (nSPS) is 12.4. The molecule has 0 spiro atoms. The molecule has 0 amide bonds. The molecule has 72 heavy (non-hydrogen) atoms. The molecule has 0 saturated heterocycles. The Balaban J connectivity index is 4.37. The molecule has 0 saturated carbocycles. The Morgan fingerprint density at radius 2 is 0.542 bits per heavy atom. The number of hydrogen-bond donors (Lipinski definition) is 0. The number of ether oxygens (including phenoxy) is 3. The van der Waals surface area contributed by atoms with Gasteiger partial charge in [0.15, 0.2) is 6.10 Å². The van der Waals surface area contributed by atoms with E-state index in [1.165, 1.54) is 199 Å². The minimum absolute atomic E-state index is 0.0850. The van der Waals surface area contributed by atoms with Gasteiger partial charge >= 0.3 is 17.9 Å². The molecule has 0 aliphatic heterocycles. The molecule has 0 bridgehead atoms. The van der Waals surface area contributed by atoms with E-state index < -0.39 is 6.10 Å². The third-order valence-electron chi connectivity index (χ3n) is 13.8. The number of hydrogen-bond acceptors (Lipinski definition) is 6. The van der Waals surface area contributed by atoms with Crippen molar-refractivity contribution < 1.29 is 28.6 Å². The molecule has 0 aromatic rings. The minimum Gasteiger partial charge on any atom is -0.462 e. The third-order valence-corrected chi connectivity index (χ3v) is 13.8. The van der Waals surface area contributed by atoms with Crippen LogP contribution in [-0.4, -0.2) is 37.2 Å². The molecule has 0 aliphatic carbocycles. The molecule has 1 unspecified atom stereocenters. The number of allylic oxidation sites excluding steroid dienone is 10. The maximum atomic E-state index is 12.9. The van der Waals surface area contributed by atoms with Gasteiger partial charge in [0.25, 0.3) is 0 Å². The predicted octanol–water partition coefficient (Wildman–Crippen LogP) is 21.2. The van der Waals surface area contributed by atoms with Gasteiger partial charge in [0.2, 0.25) is 0 Å². The molecule has 0 radical (unpaired) electrons. The van der Waals surface area contributed by atoms with Crippen LogP contribution < -0.4 is 0 Å². The van der Waals surface area contributed by atoms with E-state index in [-0.39, 0.29) is 31.1 Å². The van der Waals surface area contributed by atoms with Gasteiger partial charge in [0, 0.05) is 19.3 Å². The highest BCUT2D eigenvalue weighted by Crippen LogP contribution is 2.17. The first kappa shape index (κ1) is 69.1. The molecule has 0 N–H and O–H groups in total. The van der Waals surface area contributed by atoms with Gasteiger partial charge in [-0.2, -0.15) is 0 Å². The van der Waals surface area contributed by atoms with Crippen LogP contribution in [0.5, 0.6) is 0 Å². The van der Waals surface area contributed by atoms with E-state index in [9.17, 15) is 14.4 Å². The van der Waals surface area contributed by atoms with E-state index in [1.807, 2.05) is 0 Å². The molecule has 0 aliphatic rings. The minimum atomic E-state index is -0.791. The van der Waals surface area contributed by atoms with Gasteiger partial charge < -0.3 is 14.2 Å². The average molecular weight is 1010 g/mol. The molecule has 6 nitrogen and oxygen atoms in total. The fourth-order valence-electron chi connectivity index (χ4n) is 9.08. The van der Waals surface area contributed by atoms with Gasteiger partial charge in [-0.25, -0.2) is 0 Å². The highest BCUT2D eigenvalue weighted by Gasteiger charge is 2.19. The maximum Gasteiger partial charge on any atom is 0.306 e. The van der Waals surface area contributed by atoms with E-state index >= 15 is 0 Å². The van der Waals surface area contributed by atoms with Gasteiger partial charge in [-0.05, 0) is 83.5 Å². The van der Waals surface area contributed by atoms with Crippen molar-refractivity contribution >= 4 is 17.9 Å². The summed E-state index contributed by atoms with van der Waals surface area (Å²) in [6, 6.07) is 0. The van der Waals surface area contributed by atoms with E-state index in [1.54, 1.807) is 0 Å². The predicted molar refractivity (Wildman–Crippen MR) is 312 cm³/mol. The van der Waals surface area contributed by atoms with Crippen LogP contribution in [0.25, 0.3) is 0 Å². The lowest BCUT2D eigenvalue weighted by atomic mass is 10.0. The molecule has 0 aromatic carbocycles. The molecule has 1 atom stereocenters. The monoisotopic (exact) mass is 1010 g/mol. The maximum absolute atomic E-state index is 12.9. The summed E-state index contributed by atoms with van der Waals surface area (Å²) in [5, 5.41) is 0. The van der Waals surface area contributed by atoms with Gasteiger partial charge in [0.05, 0.1) is 0 Å². The number of rotatable bonds is 57. The fourth-order valence-corrected chi connectivity index (χ4v) is 9.08. The molecule has 0 heterocycles. The lowest BCUT2D eigenvalue weighted by molar-refractivity contribution is -0.167. The van der Waals surface area contributed by atoms with Gasteiger partial charge in [-0.3, -0.25) is 14.4 Å². The third kappa shape index (κ3) is 58.0. The summed E-state index contributed by atoms with van der Waals surface area (Å²) in [6.45, 7) is 6.53. The zero-order valence-corrected chi connectivity index (χ0v) is 47.9. The van der Waals surface area contributed by atoms with Crippen molar-refractivity contribution in [2.75, 3.05) is 13.2 Å². The standard InChI is InChI=1S/C66H118O6/c1-4-7-10-13-16-19-22-25-28-30-32-34-35-38-41-44-47-50-53-56-59-65(68)71-62-63(61-70-64(67)58-55-52-49-46-43-40-37-27-24-21-18-15-12-9-6-3)72-66(69)60-57-54-51-48-45-42-39-36-33-31-29-26-23-20-17-14-11-8-5-2/h9,12,18,21,26-27,29,37,43,46,63H,4-8,10-11,13-17,19-20,22-25,28,30-36,38-42,44-45,47-62H2,1-3H3/b12-9-,21-18-,29-26-,37-27-,46-43-. The number of esters is 3. The molecule has 0 rings (SSSR count). The Labute approximate surface area is 447 Å². The Hall–Kier alpha value is -2.89. The first-order chi connectivity index (χ1) is 35.5. The van der Waals surface area contributed by atoms with Gasteiger partial charge in [-0.15, -0.1) is 0 Å². The van der Waals surface area contributed by atoms with Crippen LogP contribution in [0.15, 0.2) is 60.8 Å². The Bertz CT molecular complexity index is 1290. The highest BCUT2D eigenvalue weighted by molar-refractivity contribution is 5.71. The highest BCUT2D eigenvalue weighted by atomic mass is 16.6. The molecular formula is C66H118O6. The summed E-state index contributed by atoms with van der Waals surface area (Å²) in [5.41, 5.74) is 0.